The molecule has 4 atom stereocenters. The molecule has 1 saturated heterocycles. The van der Waals surface area contributed by atoms with Crippen LogP contribution in [-0.2, 0) is 14.3 Å². The van der Waals surface area contributed by atoms with E-state index in [4.69, 9.17) is 14.9 Å². The number of ether oxygens (including phenoxy) is 1. The molecule has 0 spiro atoms. The third-order valence-electron chi connectivity index (χ3n) is 2.89. The maximum Gasteiger partial charge on any atom is 0.310 e. The Hall–Kier alpha value is -1.36. The first-order chi connectivity index (χ1) is 6.46. The average Bonchev–Trinajstić information content (AvgIpc) is 2.55. The summed E-state index contributed by atoms with van der Waals surface area (Å²) in [4.78, 5) is 21.8. The summed E-state index contributed by atoms with van der Waals surface area (Å²) in [5, 5.41) is 17.8. The van der Waals surface area contributed by atoms with E-state index < -0.39 is 35.5 Å². The van der Waals surface area contributed by atoms with Gasteiger partial charge >= 0.3 is 11.9 Å². The minimum Gasteiger partial charge on any atom is -0.481 e. The smallest absolute Gasteiger partial charge is 0.310 e. The van der Waals surface area contributed by atoms with Gasteiger partial charge in [-0.2, -0.15) is 0 Å². The number of rotatable bonds is 2. The van der Waals surface area contributed by atoms with Gasteiger partial charge < -0.3 is 14.9 Å². The molecular formula is C9H10O5. The van der Waals surface area contributed by atoms with Crippen molar-refractivity contribution >= 4 is 11.9 Å². The number of aliphatic carboxylic acids is 2. The van der Waals surface area contributed by atoms with Crippen molar-refractivity contribution in [3.8, 4) is 0 Å². The van der Waals surface area contributed by atoms with E-state index >= 15 is 0 Å². The Kier molecular flexibility index (Phi) is 1.69. The summed E-state index contributed by atoms with van der Waals surface area (Å²) in [6, 6.07) is 0. The van der Waals surface area contributed by atoms with Gasteiger partial charge in [0, 0.05) is 0 Å². The van der Waals surface area contributed by atoms with Gasteiger partial charge in [-0.15, -0.1) is 0 Å². The summed E-state index contributed by atoms with van der Waals surface area (Å²) in [7, 11) is 0. The van der Waals surface area contributed by atoms with Crippen LogP contribution >= 0.6 is 0 Å². The topological polar surface area (TPSA) is 83.8 Å². The molecule has 2 bridgehead atoms. The van der Waals surface area contributed by atoms with Gasteiger partial charge in [-0.25, -0.2) is 0 Å². The highest BCUT2D eigenvalue weighted by Gasteiger charge is 2.60. The predicted molar refractivity (Wildman–Crippen MR) is 44.7 cm³/mol. The minimum absolute atomic E-state index is 0.599. The molecule has 2 heterocycles. The summed E-state index contributed by atoms with van der Waals surface area (Å²) >= 11 is 0. The van der Waals surface area contributed by atoms with Crippen molar-refractivity contribution in [1.82, 2.24) is 0 Å². The summed E-state index contributed by atoms with van der Waals surface area (Å²) < 4.78 is 5.33. The van der Waals surface area contributed by atoms with E-state index in [1.807, 2.05) is 0 Å². The van der Waals surface area contributed by atoms with Gasteiger partial charge in [-0.3, -0.25) is 9.59 Å². The molecule has 0 saturated carbocycles. The minimum atomic E-state index is -1.12. The maximum atomic E-state index is 10.9. The van der Waals surface area contributed by atoms with E-state index in [1.165, 1.54) is 0 Å². The molecule has 5 heteroatoms. The summed E-state index contributed by atoms with van der Waals surface area (Å²) in [5.74, 6) is -4.19. The Balaban J connectivity index is 2.41. The van der Waals surface area contributed by atoms with Crippen molar-refractivity contribution < 1.29 is 24.5 Å². The number of carbonyl (C=O) groups is 2. The van der Waals surface area contributed by atoms with E-state index in [9.17, 15) is 9.59 Å². The van der Waals surface area contributed by atoms with Crippen molar-refractivity contribution in [2.24, 2.45) is 11.8 Å². The zero-order valence-electron chi connectivity index (χ0n) is 7.51. The van der Waals surface area contributed by atoms with Gasteiger partial charge in [0.15, 0.2) is 0 Å². The zero-order chi connectivity index (χ0) is 10.5. The van der Waals surface area contributed by atoms with Gasteiger partial charge in [-0.1, -0.05) is 12.2 Å². The normalized spacial score (nSPS) is 44.2. The largest absolute Gasteiger partial charge is 0.481 e. The third-order valence-corrected chi connectivity index (χ3v) is 2.89. The van der Waals surface area contributed by atoms with Gasteiger partial charge in [0.05, 0.1) is 11.7 Å². The van der Waals surface area contributed by atoms with Crippen LogP contribution in [0.5, 0.6) is 0 Å². The number of hydrogen-bond acceptors (Lipinski definition) is 3. The highest BCUT2D eigenvalue weighted by Crippen LogP contribution is 2.46. The quantitative estimate of drug-likeness (QED) is 0.615. The van der Waals surface area contributed by atoms with Crippen LogP contribution in [0, 0.1) is 11.8 Å². The van der Waals surface area contributed by atoms with Crippen molar-refractivity contribution in [2.75, 3.05) is 0 Å². The lowest BCUT2D eigenvalue weighted by atomic mass is 9.76. The molecule has 2 aliphatic heterocycles. The van der Waals surface area contributed by atoms with Crippen LogP contribution in [-0.4, -0.2) is 33.9 Å². The highest BCUT2D eigenvalue weighted by atomic mass is 16.5. The summed E-state index contributed by atoms with van der Waals surface area (Å²) in [6.45, 7) is 1.60. The molecule has 0 radical (unpaired) electrons. The Labute approximate surface area is 80.0 Å². The van der Waals surface area contributed by atoms with Crippen LogP contribution in [0.2, 0.25) is 0 Å². The first-order valence-electron chi connectivity index (χ1n) is 4.28. The van der Waals surface area contributed by atoms with Gasteiger partial charge in [0.2, 0.25) is 0 Å². The average molecular weight is 198 g/mol. The molecule has 5 nitrogen and oxygen atoms in total. The van der Waals surface area contributed by atoms with Crippen molar-refractivity contribution in [3.05, 3.63) is 12.2 Å². The lowest BCUT2D eigenvalue weighted by Gasteiger charge is -2.24. The molecule has 0 amide bonds. The summed E-state index contributed by atoms with van der Waals surface area (Å²) in [6.07, 6.45) is 2.66. The van der Waals surface area contributed by atoms with Gasteiger partial charge in [-0.05, 0) is 6.92 Å². The van der Waals surface area contributed by atoms with Crippen LogP contribution in [0.25, 0.3) is 0 Å². The molecule has 2 aliphatic rings. The molecular weight excluding hydrogens is 188 g/mol. The second-order valence-electron chi connectivity index (χ2n) is 3.81. The Morgan fingerprint density at radius 2 is 2.00 bits per heavy atom. The van der Waals surface area contributed by atoms with Crippen LogP contribution < -0.4 is 0 Å². The Morgan fingerprint density at radius 3 is 2.43 bits per heavy atom. The second kappa shape index (κ2) is 2.57. The maximum absolute atomic E-state index is 10.9. The first kappa shape index (κ1) is 9.21. The molecule has 14 heavy (non-hydrogen) atoms. The second-order valence-corrected chi connectivity index (χ2v) is 3.81. The third kappa shape index (κ3) is 0.988. The van der Waals surface area contributed by atoms with E-state index in [-0.39, 0.29) is 0 Å². The fourth-order valence-corrected chi connectivity index (χ4v) is 2.26. The van der Waals surface area contributed by atoms with Crippen molar-refractivity contribution in [3.63, 3.8) is 0 Å². The number of fused-ring (bicyclic) bond motifs is 2. The predicted octanol–water partition coefficient (Wildman–Crippen LogP) is 0.115. The fraction of sp³-hybridized carbons (Fsp3) is 0.556. The molecule has 0 aromatic carbocycles. The Bertz CT molecular complexity index is 334. The lowest BCUT2D eigenvalue weighted by molar-refractivity contribution is -0.154. The zero-order valence-corrected chi connectivity index (χ0v) is 7.51. The van der Waals surface area contributed by atoms with Crippen LogP contribution in [0.15, 0.2) is 12.2 Å². The van der Waals surface area contributed by atoms with E-state index in [0.29, 0.717) is 0 Å². The van der Waals surface area contributed by atoms with Gasteiger partial charge in [0.1, 0.15) is 11.8 Å². The lowest BCUT2D eigenvalue weighted by Crippen LogP contribution is -2.41. The molecule has 0 aliphatic carbocycles. The first-order valence-corrected chi connectivity index (χ1v) is 4.28. The van der Waals surface area contributed by atoms with E-state index in [1.54, 1.807) is 19.1 Å². The molecule has 0 aromatic heterocycles. The van der Waals surface area contributed by atoms with E-state index in [2.05, 4.69) is 0 Å². The van der Waals surface area contributed by atoms with E-state index in [0.717, 1.165) is 0 Å². The van der Waals surface area contributed by atoms with Crippen molar-refractivity contribution in [2.45, 2.75) is 18.6 Å². The van der Waals surface area contributed by atoms with Crippen LogP contribution in [0.4, 0.5) is 0 Å². The SMILES string of the molecule is CC12C=CC(O1)C(C(=O)O)C2C(=O)O. The van der Waals surface area contributed by atoms with Crippen LogP contribution in [0.1, 0.15) is 6.92 Å². The standard InChI is InChI=1S/C9H10O5/c1-9-3-2-4(14-9)5(7(10)11)6(9)8(12)13/h2-6H,1H3,(H,10,11)(H,12,13). The summed E-state index contributed by atoms with van der Waals surface area (Å²) in [5.41, 5.74) is -0.959. The van der Waals surface area contributed by atoms with Crippen molar-refractivity contribution in [1.29, 1.82) is 0 Å². The Morgan fingerprint density at radius 1 is 1.36 bits per heavy atom. The number of carboxylic acids is 2. The number of carboxylic acid groups (broad SMARTS) is 2. The van der Waals surface area contributed by atoms with Crippen LogP contribution in [0.3, 0.4) is 0 Å². The molecule has 2 rings (SSSR count). The molecule has 1 fully saturated rings. The van der Waals surface area contributed by atoms with Gasteiger partial charge in [0.25, 0.3) is 0 Å². The monoisotopic (exact) mass is 198 g/mol. The molecule has 76 valence electrons. The fourth-order valence-electron chi connectivity index (χ4n) is 2.26. The highest BCUT2D eigenvalue weighted by molar-refractivity contribution is 5.83. The molecule has 2 N–H and O–H groups in total. The number of hydrogen-bond donors (Lipinski definition) is 2. The molecule has 0 aromatic rings. The molecule has 4 unspecified atom stereocenters.